The molecule has 2 heterocycles. The van der Waals surface area contributed by atoms with Crippen molar-refractivity contribution in [3.8, 4) is 0 Å². The fourth-order valence-electron chi connectivity index (χ4n) is 3.85. The highest BCUT2D eigenvalue weighted by Crippen LogP contribution is 2.43. The van der Waals surface area contributed by atoms with E-state index >= 15 is 0 Å². The molecule has 0 bridgehead atoms. The van der Waals surface area contributed by atoms with E-state index in [0.717, 1.165) is 11.0 Å². The van der Waals surface area contributed by atoms with Crippen molar-refractivity contribution in [2.75, 3.05) is 0 Å². The van der Waals surface area contributed by atoms with E-state index in [1.54, 1.807) is 19.3 Å². The number of carboxylic acids is 1. The molecule has 2 aromatic heterocycles. The molecule has 1 saturated carbocycles. The highest BCUT2D eigenvalue weighted by atomic mass is 32.2. The first-order chi connectivity index (χ1) is 14.1. The lowest BCUT2D eigenvalue weighted by Gasteiger charge is -2.14. The van der Waals surface area contributed by atoms with Crippen LogP contribution in [0.3, 0.4) is 0 Å². The molecule has 1 fully saturated rings. The number of nitrogens with zero attached hydrogens (tertiary/aromatic N) is 3. The summed E-state index contributed by atoms with van der Waals surface area (Å²) >= 11 is 1.27. The van der Waals surface area contributed by atoms with Crippen LogP contribution in [0, 0.1) is 0 Å². The molecule has 1 unspecified atom stereocenters. The molecular formula is C23H21N3O2S. The number of carboxylic acid groups (broad SMARTS) is 1. The van der Waals surface area contributed by atoms with Gasteiger partial charge >= 0.3 is 5.97 Å². The Morgan fingerprint density at radius 3 is 2.76 bits per heavy atom. The summed E-state index contributed by atoms with van der Waals surface area (Å²) in [5.74, 6) is -0.150. The number of pyridine rings is 1. The molecular weight excluding hydrogens is 382 g/mol. The zero-order valence-corrected chi connectivity index (χ0v) is 16.9. The van der Waals surface area contributed by atoms with Crippen LogP contribution < -0.4 is 0 Å². The summed E-state index contributed by atoms with van der Waals surface area (Å²) < 4.78 is 2.11. The molecule has 5 rings (SSSR count). The number of hydrogen-bond acceptors (Lipinski definition) is 4. The van der Waals surface area contributed by atoms with Crippen molar-refractivity contribution < 1.29 is 9.90 Å². The number of hydrogen-bond donors (Lipinski definition) is 1. The smallest absolute Gasteiger partial charge is 0.316 e. The van der Waals surface area contributed by atoms with Crippen LogP contribution in [0.4, 0.5) is 0 Å². The predicted molar refractivity (Wildman–Crippen MR) is 116 cm³/mol. The van der Waals surface area contributed by atoms with Crippen molar-refractivity contribution in [3.63, 3.8) is 0 Å². The highest BCUT2D eigenvalue weighted by Gasteiger charge is 2.26. The number of aromatic nitrogens is 3. The maximum atomic E-state index is 11.4. The van der Waals surface area contributed by atoms with Gasteiger partial charge in [0.05, 0.1) is 18.3 Å². The maximum Gasteiger partial charge on any atom is 0.316 e. The summed E-state index contributed by atoms with van der Waals surface area (Å²) in [5, 5.41) is 12.1. The van der Waals surface area contributed by atoms with E-state index in [-0.39, 0.29) is 0 Å². The van der Waals surface area contributed by atoms with Crippen LogP contribution in [0.15, 0.2) is 60.0 Å². The first-order valence-electron chi connectivity index (χ1n) is 9.82. The van der Waals surface area contributed by atoms with Gasteiger partial charge in [0, 0.05) is 6.20 Å². The normalized spacial score (nSPS) is 15.1. The van der Waals surface area contributed by atoms with Gasteiger partial charge in [0.2, 0.25) is 0 Å². The monoisotopic (exact) mass is 403 g/mol. The number of aliphatic carboxylic acids is 1. The van der Waals surface area contributed by atoms with Gasteiger partial charge in [0.25, 0.3) is 0 Å². The molecule has 0 amide bonds. The molecule has 1 atom stereocenters. The Labute approximate surface area is 172 Å². The van der Waals surface area contributed by atoms with Gasteiger partial charge in [-0.25, -0.2) is 4.98 Å². The molecule has 1 aliphatic carbocycles. The molecule has 29 heavy (non-hydrogen) atoms. The van der Waals surface area contributed by atoms with Gasteiger partial charge in [-0.05, 0) is 53.6 Å². The van der Waals surface area contributed by atoms with Crippen LogP contribution in [-0.4, -0.2) is 30.9 Å². The Balaban J connectivity index is 1.62. The average Bonchev–Trinajstić information content (AvgIpc) is 3.52. The Morgan fingerprint density at radius 2 is 2.00 bits per heavy atom. The molecule has 6 heteroatoms. The minimum absolute atomic E-state index is 0.576. The number of carbonyl (C=O) groups is 1. The minimum Gasteiger partial charge on any atom is -0.480 e. The molecule has 0 spiro atoms. The first-order valence-corrected chi connectivity index (χ1v) is 10.7. The zero-order chi connectivity index (χ0) is 20.0. The van der Waals surface area contributed by atoms with E-state index < -0.39 is 11.2 Å². The fraction of sp³-hybridized carbons (Fsp3) is 0.261. The topological polar surface area (TPSA) is 68.0 Å². The van der Waals surface area contributed by atoms with E-state index in [2.05, 4.69) is 50.9 Å². The van der Waals surface area contributed by atoms with Crippen molar-refractivity contribution in [2.45, 2.75) is 42.6 Å². The Morgan fingerprint density at radius 1 is 1.21 bits per heavy atom. The number of imidazole rings is 1. The number of thioether (sulfide) groups is 1. The molecule has 0 radical (unpaired) electrons. The lowest BCUT2D eigenvalue weighted by atomic mass is 9.97. The molecule has 0 aliphatic heterocycles. The van der Waals surface area contributed by atoms with Gasteiger partial charge in [0.1, 0.15) is 10.8 Å². The first kappa shape index (κ1) is 18.2. The summed E-state index contributed by atoms with van der Waals surface area (Å²) in [7, 11) is 0. The third-order valence-electron chi connectivity index (χ3n) is 5.54. The van der Waals surface area contributed by atoms with Gasteiger partial charge in [-0.2, -0.15) is 0 Å². The van der Waals surface area contributed by atoms with Gasteiger partial charge < -0.3 is 9.67 Å². The van der Waals surface area contributed by atoms with Gasteiger partial charge in [-0.15, -0.1) is 0 Å². The van der Waals surface area contributed by atoms with E-state index in [4.69, 9.17) is 0 Å². The van der Waals surface area contributed by atoms with Crippen molar-refractivity contribution in [1.29, 1.82) is 0 Å². The lowest BCUT2D eigenvalue weighted by Crippen LogP contribution is -2.13. The van der Waals surface area contributed by atoms with E-state index in [9.17, 15) is 9.90 Å². The SMILES string of the molecule is CC(Sc1nc2cnccc2n1Cc1ccc(C2CC2)c2ccccc12)C(=O)O. The van der Waals surface area contributed by atoms with E-state index in [0.29, 0.717) is 17.6 Å². The maximum absolute atomic E-state index is 11.4. The van der Waals surface area contributed by atoms with Crippen LogP contribution in [0.25, 0.3) is 21.8 Å². The van der Waals surface area contributed by atoms with Gasteiger partial charge in [-0.1, -0.05) is 48.2 Å². The summed E-state index contributed by atoms with van der Waals surface area (Å²) in [5.41, 5.74) is 4.41. The number of rotatable bonds is 6. The molecule has 5 nitrogen and oxygen atoms in total. The van der Waals surface area contributed by atoms with Crippen molar-refractivity contribution >= 4 is 39.5 Å². The number of fused-ring (bicyclic) bond motifs is 2. The molecule has 0 saturated heterocycles. The molecule has 2 aromatic carbocycles. The summed E-state index contributed by atoms with van der Waals surface area (Å²) in [6.07, 6.45) is 6.03. The second kappa shape index (κ2) is 7.19. The molecule has 1 N–H and O–H groups in total. The van der Waals surface area contributed by atoms with Gasteiger partial charge in [-0.3, -0.25) is 9.78 Å². The van der Waals surface area contributed by atoms with Crippen LogP contribution in [0.1, 0.15) is 36.8 Å². The second-order valence-corrected chi connectivity index (χ2v) is 8.88. The third-order valence-corrected chi connectivity index (χ3v) is 6.62. The second-order valence-electron chi connectivity index (χ2n) is 7.58. The lowest BCUT2D eigenvalue weighted by molar-refractivity contribution is -0.136. The van der Waals surface area contributed by atoms with E-state index in [1.165, 1.54) is 46.5 Å². The largest absolute Gasteiger partial charge is 0.480 e. The standard InChI is InChI=1S/C23H21N3O2S/c1-14(22(27)28)29-23-25-20-12-24-11-10-21(20)26(23)13-16-8-9-18(15-6-7-15)19-5-3-2-4-17(16)19/h2-5,8-12,14-15H,6-7,13H2,1H3,(H,27,28). The average molecular weight is 404 g/mol. The number of benzene rings is 2. The van der Waals surface area contributed by atoms with Crippen molar-refractivity contribution in [3.05, 3.63) is 66.0 Å². The van der Waals surface area contributed by atoms with E-state index in [1.807, 2.05) is 6.07 Å². The van der Waals surface area contributed by atoms with Gasteiger partial charge in [0.15, 0.2) is 5.16 Å². The Bertz CT molecular complexity index is 1230. The Hall–Kier alpha value is -2.86. The van der Waals surface area contributed by atoms with Crippen LogP contribution >= 0.6 is 11.8 Å². The summed E-state index contributed by atoms with van der Waals surface area (Å²) in [6, 6.07) is 15.0. The predicted octanol–water partition coefficient (Wildman–Crippen LogP) is 5.08. The van der Waals surface area contributed by atoms with Crippen molar-refractivity contribution in [1.82, 2.24) is 14.5 Å². The third kappa shape index (κ3) is 3.38. The molecule has 146 valence electrons. The minimum atomic E-state index is -0.842. The van der Waals surface area contributed by atoms with Crippen molar-refractivity contribution in [2.24, 2.45) is 0 Å². The fourth-order valence-corrected chi connectivity index (χ4v) is 4.71. The summed E-state index contributed by atoms with van der Waals surface area (Å²) in [6.45, 7) is 2.33. The highest BCUT2D eigenvalue weighted by molar-refractivity contribution is 8.00. The van der Waals surface area contributed by atoms with Crippen LogP contribution in [0.2, 0.25) is 0 Å². The molecule has 4 aromatic rings. The van der Waals surface area contributed by atoms with Crippen LogP contribution in [-0.2, 0) is 11.3 Å². The Kier molecular flexibility index (Phi) is 4.51. The van der Waals surface area contributed by atoms with Crippen LogP contribution in [0.5, 0.6) is 0 Å². The molecule has 1 aliphatic rings. The summed E-state index contributed by atoms with van der Waals surface area (Å²) in [4.78, 5) is 20.2. The zero-order valence-electron chi connectivity index (χ0n) is 16.1. The quantitative estimate of drug-likeness (QED) is 0.455.